The minimum absolute atomic E-state index is 0.285. The lowest BCUT2D eigenvalue weighted by atomic mass is 10.1. The van der Waals surface area contributed by atoms with Gasteiger partial charge in [0.2, 0.25) is 0 Å². The van der Waals surface area contributed by atoms with Crippen molar-refractivity contribution in [3.63, 3.8) is 0 Å². The predicted octanol–water partition coefficient (Wildman–Crippen LogP) is 3.79. The highest BCUT2D eigenvalue weighted by Gasteiger charge is 2.12. The third-order valence-corrected chi connectivity index (χ3v) is 2.96. The maximum atomic E-state index is 5.92. The minimum Gasteiger partial charge on any atom is -0.497 e. The standard InChI is InChI=1S/C16H27NO2/c1-6-9-17-13(4)15-8-7-14(18-5)10-16(15)19-11-12(2)3/h7-8,10,12-13,17H,6,9,11H2,1-5H3. The normalized spacial score (nSPS) is 12.5. The first kappa shape index (κ1) is 15.8. The van der Waals surface area contributed by atoms with Crippen molar-refractivity contribution < 1.29 is 9.47 Å². The summed E-state index contributed by atoms with van der Waals surface area (Å²) in [5.41, 5.74) is 1.19. The van der Waals surface area contributed by atoms with Crippen LogP contribution in [-0.4, -0.2) is 20.3 Å². The van der Waals surface area contributed by atoms with Crippen LogP contribution in [0, 0.1) is 5.92 Å². The van der Waals surface area contributed by atoms with E-state index in [1.165, 1.54) is 5.56 Å². The molecule has 0 spiro atoms. The van der Waals surface area contributed by atoms with Crippen molar-refractivity contribution >= 4 is 0 Å². The fraction of sp³-hybridized carbons (Fsp3) is 0.625. The van der Waals surface area contributed by atoms with E-state index in [2.05, 4.69) is 39.1 Å². The summed E-state index contributed by atoms with van der Waals surface area (Å²) < 4.78 is 11.2. The van der Waals surface area contributed by atoms with Crippen LogP contribution >= 0.6 is 0 Å². The Morgan fingerprint density at radius 1 is 1.21 bits per heavy atom. The van der Waals surface area contributed by atoms with Crippen molar-refractivity contribution in [3.8, 4) is 11.5 Å². The van der Waals surface area contributed by atoms with E-state index < -0.39 is 0 Å². The van der Waals surface area contributed by atoms with Gasteiger partial charge in [0, 0.05) is 17.7 Å². The molecule has 0 saturated heterocycles. The molecule has 0 bridgehead atoms. The van der Waals surface area contributed by atoms with Crippen molar-refractivity contribution in [2.75, 3.05) is 20.3 Å². The molecule has 1 aromatic rings. The van der Waals surface area contributed by atoms with E-state index in [1.807, 2.05) is 12.1 Å². The van der Waals surface area contributed by atoms with Crippen LogP contribution in [0.4, 0.5) is 0 Å². The summed E-state index contributed by atoms with van der Waals surface area (Å²) in [6, 6.07) is 6.33. The van der Waals surface area contributed by atoms with Crippen LogP contribution in [0.5, 0.6) is 11.5 Å². The number of hydrogen-bond donors (Lipinski definition) is 1. The Morgan fingerprint density at radius 3 is 2.53 bits per heavy atom. The first-order valence-electron chi connectivity index (χ1n) is 7.12. The first-order valence-corrected chi connectivity index (χ1v) is 7.12. The van der Waals surface area contributed by atoms with Crippen molar-refractivity contribution in [1.82, 2.24) is 5.32 Å². The molecule has 0 amide bonds. The van der Waals surface area contributed by atoms with Gasteiger partial charge < -0.3 is 14.8 Å². The SMILES string of the molecule is CCCNC(C)c1ccc(OC)cc1OCC(C)C. The van der Waals surface area contributed by atoms with Crippen LogP contribution in [0.2, 0.25) is 0 Å². The third kappa shape index (κ3) is 5.11. The zero-order valence-corrected chi connectivity index (χ0v) is 12.8. The summed E-state index contributed by atoms with van der Waals surface area (Å²) in [6.45, 7) is 10.4. The van der Waals surface area contributed by atoms with Crippen LogP contribution in [0.25, 0.3) is 0 Å². The first-order chi connectivity index (χ1) is 9.08. The molecule has 0 radical (unpaired) electrons. The van der Waals surface area contributed by atoms with Crippen molar-refractivity contribution in [1.29, 1.82) is 0 Å². The molecule has 1 unspecified atom stereocenters. The highest BCUT2D eigenvalue weighted by molar-refractivity contribution is 5.42. The molecular weight excluding hydrogens is 238 g/mol. The van der Waals surface area contributed by atoms with Gasteiger partial charge in [-0.15, -0.1) is 0 Å². The van der Waals surface area contributed by atoms with Gasteiger partial charge in [-0.25, -0.2) is 0 Å². The number of ether oxygens (including phenoxy) is 2. The Bertz CT molecular complexity index is 377. The quantitative estimate of drug-likeness (QED) is 0.775. The van der Waals surface area contributed by atoms with Crippen LogP contribution in [0.3, 0.4) is 0 Å². The van der Waals surface area contributed by atoms with E-state index >= 15 is 0 Å². The van der Waals surface area contributed by atoms with Crippen molar-refractivity contribution in [2.45, 2.75) is 40.2 Å². The largest absolute Gasteiger partial charge is 0.497 e. The van der Waals surface area contributed by atoms with E-state index in [-0.39, 0.29) is 6.04 Å². The van der Waals surface area contributed by atoms with Crippen LogP contribution in [0.15, 0.2) is 18.2 Å². The van der Waals surface area contributed by atoms with E-state index in [9.17, 15) is 0 Å². The lowest BCUT2D eigenvalue weighted by Crippen LogP contribution is -2.20. The number of nitrogens with one attached hydrogen (secondary N) is 1. The molecule has 0 aliphatic rings. The Balaban J connectivity index is 2.87. The zero-order chi connectivity index (χ0) is 14.3. The monoisotopic (exact) mass is 265 g/mol. The van der Waals surface area contributed by atoms with Crippen LogP contribution < -0.4 is 14.8 Å². The van der Waals surface area contributed by atoms with Crippen LogP contribution in [0.1, 0.15) is 45.7 Å². The summed E-state index contributed by atoms with van der Waals surface area (Å²) in [6.07, 6.45) is 1.13. The number of hydrogen-bond acceptors (Lipinski definition) is 3. The minimum atomic E-state index is 0.285. The topological polar surface area (TPSA) is 30.5 Å². The second kappa shape index (κ2) is 8.05. The van der Waals surface area contributed by atoms with Gasteiger partial charge >= 0.3 is 0 Å². The molecule has 3 heteroatoms. The second-order valence-electron chi connectivity index (χ2n) is 5.28. The number of benzene rings is 1. The van der Waals surface area contributed by atoms with Gasteiger partial charge in [0.15, 0.2) is 0 Å². The number of methoxy groups -OCH3 is 1. The fourth-order valence-corrected chi connectivity index (χ4v) is 1.85. The molecule has 1 aromatic carbocycles. The van der Waals surface area contributed by atoms with Gasteiger partial charge in [0.25, 0.3) is 0 Å². The van der Waals surface area contributed by atoms with E-state index in [0.29, 0.717) is 5.92 Å². The molecule has 0 aliphatic heterocycles. The summed E-state index contributed by atoms with van der Waals surface area (Å²) in [5, 5.41) is 3.49. The van der Waals surface area contributed by atoms with Crippen molar-refractivity contribution in [3.05, 3.63) is 23.8 Å². The highest BCUT2D eigenvalue weighted by Crippen LogP contribution is 2.30. The lowest BCUT2D eigenvalue weighted by Gasteiger charge is -2.19. The molecule has 1 rings (SSSR count). The molecule has 3 nitrogen and oxygen atoms in total. The molecule has 0 saturated carbocycles. The Kier molecular flexibility index (Phi) is 6.71. The lowest BCUT2D eigenvalue weighted by molar-refractivity contribution is 0.265. The average molecular weight is 265 g/mol. The van der Waals surface area contributed by atoms with E-state index in [0.717, 1.165) is 31.1 Å². The number of rotatable bonds is 8. The van der Waals surface area contributed by atoms with E-state index in [1.54, 1.807) is 7.11 Å². The molecule has 0 aliphatic carbocycles. The fourth-order valence-electron chi connectivity index (χ4n) is 1.85. The zero-order valence-electron chi connectivity index (χ0n) is 12.8. The maximum Gasteiger partial charge on any atom is 0.127 e. The van der Waals surface area contributed by atoms with Gasteiger partial charge in [-0.1, -0.05) is 26.8 Å². The third-order valence-electron chi connectivity index (χ3n) is 2.96. The molecule has 0 fully saturated rings. The molecule has 19 heavy (non-hydrogen) atoms. The Hall–Kier alpha value is -1.22. The van der Waals surface area contributed by atoms with Gasteiger partial charge in [0.1, 0.15) is 11.5 Å². The smallest absolute Gasteiger partial charge is 0.127 e. The van der Waals surface area contributed by atoms with Crippen molar-refractivity contribution in [2.24, 2.45) is 5.92 Å². The maximum absolute atomic E-state index is 5.92. The Morgan fingerprint density at radius 2 is 1.95 bits per heavy atom. The summed E-state index contributed by atoms with van der Waals surface area (Å²) in [4.78, 5) is 0. The molecular formula is C16H27NO2. The summed E-state index contributed by atoms with van der Waals surface area (Å²) >= 11 is 0. The van der Waals surface area contributed by atoms with E-state index in [4.69, 9.17) is 9.47 Å². The predicted molar refractivity (Wildman–Crippen MR) is 80.0 cm³/mol. The van der Waals surface area contributed by atoms with Crippen LogP contribution in [-0.2, 0) is 0 Å². The molecule has 1 N–H and O–H groups in total. The molecule has 0 heterocycles. The molecule has 108 valence electrons. The average Bonchev–Trinajstić information content (AvgIpc) is 2.42. The molecule has 1 atom stereocenters. The highest BCUT2D eigenvalue weighted by atomic mass is 16.5. The molecule has 0 aromatic heterocycles. The Labute approximate surface area is 117 Å². The summed E-state index contributed by atoms with van der Waals surface area (Å²) in [7, 11) is 1.68. The van der Waals surface area contributed by atoms with Gasteiger partial charge in [-0.3, -0.25) is 0 Å². The van der Waals surface area contributed by atoms with Gasteiger partial charge in [-0.05, 0) is 31.9 Å². The second-order valence-corrected chi connectivity index (χ2v) is 5.28. The summed E-state index contributed by atoms with van der Waals surface area (Å²) in [5.74, 6) is 2.27. The van der Waals surface area contributed by atoms with Gasteiger partial charge in [0.05, 0.1) is 13.7 Å². The van der Waals surface area contributed by atoms with Gasteiger partial charge in [-0.2, -0.15) is 0 Å².